The smallest absolute Gasteiger partial charge is 0.0960 e. The van der Waals surface area contributed by atoms with Crippen LogP contribution in [-0.4, -0.2) is 0 Å². The van der Waals surface area contributed by atoms with E-state index < -0.39 is 0 Å². The molecule has 0 saturated carbocycles. The van der Waals surface area contributed by atoms with Crippen LogP contribution >= 0.6 is 0 Å². The summed E-state index contributed by atoms with van der Waals surface area (Å²) < 4.78 is 0. The van der Waals surface area contributed by atoms with Gasteiger partial charge >= 0.3 is 0 Å². The first-order valence-electron chi connectivity index (χ1n) is 3.14. The molecule has 0 aromatic carbocycles. The maximum absolute atomic E-state index is 8.54. The molecule has 0 rings (SSSR count). The number of nitriles is 2. The van der Waals surface area contributed by atoms with Crippen molar-refractivity contribution in [3.05, 3.63) is 11.1 Å². The van der Waals surface area contributed by atoms with Crippen LogP contribution in [0.25, 0.3) is 0 Å². The standard InChI is InChI=1S/C8H10N2/c1-6(2)8(5-10)7(3)4-9/h6H,1-3H3/b8-7+. The molecule has 0 aromatic heterocycles. The van der Waals surface area contributed by atoms with Gasteiger partial charge in [-0.3, -0.25) is 0 Å². The second kappa shape index (κ2) is 3.69. The molecule has 52 valence electrons. The molecular weight excluding hydrogens is 124 g/mol. The van der Waals surface area contributed by atoms with Gasteiger partial charge in [-0.1, -0.05) is 13.8 Å². The van der Waals surface area contributed by atoms with Gasteiger partial charge in [0.15, 0.2) is 0 Å². The lowest BCUT2D eigenvalue weighted by Gasteiger charge is -2.00. The third-order valence-electron chi connectivity index (χ3n) is 1.27. The Bertz CT molecular complexity index is 223. The van der Waals surface area contributed by atoms with Gasteiger partial charge in [0.1, 0.15) is 0 Å². The molecule has 0 aromatic rings. The fourth-order valence-electron chi connectivity index (χ4n) is 0.706. The van der Waals surface area contributed by atoms with Crippen LogP contribution in [0.5, 0.6) is 0 Å². The van der Waals surface area contributed by atoms with Crippen molar-refractivity contribution in [2.45, 2.75) is 20.8 Å². The van der Waals surface area contributed by atoms with Crippen LogP contribution in [0, 0.1) is 28.6 Å². The molecule has 0 fully saturated rings. The van der Waals surface area contributed by atoms with Gasteiger partial charge in [-0.2, -0.15) is 10.5 Å². The summed E-state index contributed by atoms with van der Waals surface area (Å²) in [6, 6.07) is 3.96. The number of rotatable bonds is 1. The van der Waals surface area contributed by atoms with Crippen molar-refractivity contribution in [1.29, 1.82) is 10.5 Å². The minimum atomic E-state index is 0.157. The summed E-state index contributed by atoms with van der Waals surface area (Å²) in [5.74, 6) is 0.157. The van der Waals surface area contributed by atoms with Crippen LogP contribution in [0.2, 0.25) is 0 Å². The van der Waals surface area contributed by atoms with E-state index >= 15 is 0 Å². The molecule has 0 saturated heterocycles. The van der Waals surface area contributed by atoms with Crippen LogP contribution in [0.3, 0.4) is 0 Å². The van der Waals surface area contributed by atoms with E-state index in [1.54, 1.807) is 6.92 Å². The normalized spacial score (nSPS) is 11.8. The van der Waals surface area contributed by atoms with Crippen LogP contribution in [0.4, 0.5) is 0 Å². The molecule has 0 aliphatic heterocycles. The molecule has 0 radical (unpaired) electrons. The van der Waals surface area contributed by atoms with Crippen LogP contribution in [0.1, 0.15) is 20.8 Å². The Morgan fingerprint density at radius 1 is 1.20 bits per heavy atom. The third kappa shape index (κ3) is 1.91. The molecule has 0 aliphatic rings. The van der Waals surface area contributed by atoms with Gasteiger partial charge in [0, 0.05) is 11.1 Å². The summed E-state index contributed by atoms with van der Waals surface area (Å²) in [7, 11) is 0. The van der Waals surface area contributed by atoms with Gasteiger partial charge in [-0.05, 0) is 12.8 Å². The Morgan fingerprint density at radius 3 is 1.80 bits per heavy atom. The summed E-state index contributed by atoms with van der Waals surface area (Å²) in [4.78, 5) is 0. The fraction of sp³-hybridized carbons (Fsp3) is 0.500. The Labute approximate surface area is 61.4 Å². The first kappa shape index (κ1) is 8.72. The average molecular weight is 134 g/mol. The van der Waals surface area contributed by atoms with Gasteiger partial charge in [0.25, 0.3) is 0 Å². The Hall–Kier alpha value is -1.28. The molecule has 0 aliphatic carbocycles. The number of hydrogen-bond acceptors (Lipinski definition) is 2. The number of allylic oxidation sites excluding steroid dienone is 2. The highest BCUT2D eigenvalue weighted by Gasteiger charge is 2.04. The maximum atomic E-state index is 8.54. The van der Waals surface area contributed by atoms with E-state index in [2.05, 4.69) is 0 Å². The Kier molecular flexibility index (Phi) is 3.22. The van der Waals surface area contributed by atoms with Crippen molar-refractivity contribution >= 4 is 0 Å². The predicted octanol–water partition coefficient (Wildman–Crippen LogP) is 2.01. The molecule has 0 N–H and O–H groups in total. The van der Waals surface area contributed by atoms with Crippen LogP contribution < -0.4 is 0 Å². The fourth-order valence-corrected chi connectivity index (χ4v) is 0.706. The van der Waals surface area contributed by atoms with Crippen molar-refractivity contribution in [2.75, 3.05) is 0 Å². The van der Waals surface area contributed by atoms with Crippen LogP contribution in [0.15, 0.2) is 11.1 Å². The first-order chi connectivity index (χ1) is 4.63. The quantitative estimate of drug-likeness (QED) is 0.515. The van der Waals surface area contributed by atoms with Gasteiger partial charge in [-0.15, -0.1) is 0 Å². The second-order valence-electron chi connectivity index (χ2n) is 2.42. The molecule has 2 nitrogen and oxygen atoms in total. The molecule has 0 bridgehead atoms. The molecule has 0 amide bonds. The van der Waals surface area contributed by atoms with Gasteiger partial charge < -0.3 is 0 Å². The van der Waals surface area contributed by atoms with E-state index in [1.807, 2.05) is 26.0 Å². The number of hydrogen-bond donors (Lipinski definition) is 0. The van der Waals surface area contributed by atoms with E-state index in [0.29, 0.717) is 11.1 Å². The minimum absolute atomic E-state index is 0.157. The maximum Gasteiger partial charge on any atom is 0.0960 e. The highest BCUT2D eigenvalue weighted by atomic mass is 14.3. The highest BCUT2D eigenvalue weighted by molar-refractivity contribution is 5.36. The molecule has 0 spiro atoms. The lowest BCUT2D eigenvalue weighted by atomic mass is 10.0. The molecule has 0 atom stereocenters. The van der Waals surface area contributed by atoms with Crippen molar-refractivity contribution < 1.29 is 0 Å². The lowest BCUT2D eigenvalue weighted by Crippen LogP contribution is -1.93. The van der Waals surface area contributed by atoms with Gasteiger partial charge in [0.05, 0.1) is 12.1 Å². The van der Waals surface area contributed by atoms with Crippen molar-refractivity contribution in [2.24, 2.45) is 5.92 Å². The van der Waals surface area contributed by atoms with E-state index in [4.69, 9.17) is 10.5 Å². The van der Waals surface area contributed by atoms with E-state index in [1.165, 1.54) is 0 Å². The molecule has 0 unspecified atom stereocenters. The number of nitrogens with zero attached hydrogens (tertiary/aromatic N) is 2. The zero-order valence-corrected chi connectivity index (χ0v) is 6.47. The van der Waals surface area contributed by atoms with E-state index in [0.717, 1.165) is 0 Å². The molecule has 0 heterocycles. The minimum Gasteiger partial charge on any atom is -0.193 e. The average Bonchev–Trinajstić information content (AvgIpc) is 1.88. The van der Waals surface area contributed by atoms with Crippen molar-refractivity contribution in [3.8, 4) is 12.1 Å². The zero-order chi connectivity index (χ0) is 8.15. The SMILES string of the molecule is C/C(C#N)=C(/C#N)C(C)C. The highest BCUT2D eigenvalue weighted by Crippen LogP contribution is 2.12. The zero-order valence-electron chi connectivity index (χ0n) is 6.47. The van der Waals surface area contributed by atoms with Crippen LogP contribution in [-0.2, 0) is 0 Å². The summed E-state index contributed by atoms with van der Waals surface area (Å²) in [6.07, 6.45) is 0. The Balaban J connectivity index is 4.73. The van der Waals surface area contributed by atoms with E-state index in [-0.39, 0.29) is 5.92 Å². The molecule has 10 heavy (non-hydrogen) atoms. The summed E-state index contributed by atoms with van der Waals surface area (Å²) >= 11 is 0. The third-order valence-corrected chi connectivity index (χ3v) is 1.27. The first-order valence-corrected chi connectivity index (χ1v) is 3.14. The topological polar surface area (TPSA) is 47.6 Å². The van der Waals surface area contributed by atoms with Crippen molar-refractivity contribution in [3.63, 3.8) is 0 Å². The van der Waals surface area contributed by atoms with Gasteiger partial charge in [0.2, 0.25) is 0 Å². The Morgan fingerprint density at radius 2 is 1.70 bits per heavy atom. The predicted molar refractivity (Wildman–Crippen MR) is 38.8 cm³/mol. The van der Waals surface area contributed by atoms with Crippen molar-refractivity contribution in [1.82, 2.24) is 0 Å². The molecule has 2 heteroatoms. The van der Waals surface area contributed by atoms with Gasteiger partial charge in [-0.25, -0.2) is 0 Å². The molecular formula is C8H10N2. The summed E-state index contributed by atoms with van der Waals surface area (Å²) in [6.45, 7) is 5.47. The largest absolute Gasteiger partial charge is 0.193 e. The monoisotopic (exact) mass is 134 g/mol. The summed E-state index contributed by atoms with van der Waals surface area (Å²) in [5, 5.41) is 17.0. The lowest BCUT2D eigenvalue weighted by molar-refractivity contribution is 0.788. The van der Waals surface area contributed by atoms with E-state index in [9.17, 15) is 0 Å². The second-order valence-corrected chi connectivity index (χ2v) is 2.42. The summed E-state index contributed by atoms with van der Waals surface area (Å²) in [5.41, 5.74) is 1.11.